The van der Waals surface area contributed by atoms with E-state index < -0.39 is 10.4 Å². The summed E-state index contributed by atoms with van der Waals surface area (Å²) in [6, 6.07) is 0. The molecule has 0 rings (SSSR count). The molecule has 0 aromatic rings. The molecule has 8 heteroatoms. The van der Waals surface area contributed by atoms with Gasteiger partial charge in [0.1, 0.15) is 6.17 Å². The molecule has 0 aliphatic heterocycles. The number of nitrogens with one attached hydrogen (secondary N) is 1. The van der Waals surface area contributed by atoms with Gasteiger partial charge in [0.05, 0.1) is 28.3 Å². The van der Waals surface area contributed by atoms with E-state index in [1.807, 2.05) is 0 Å². The molecule has 0 saturated carbocycles. The molecule has 5 N–H and O–H groups in total. The predicted molar refractivity (Wildman–Crippen MR) is 143 cm³/mol. The van der Waals surface area contributed by atoms with Gasteiger partial charge in [-0.2, -0.15) is 8.42 Å². The van der Waals surface area contributed by atoms with Crippen molar-refractivity contribution in [3.63, 3.8) is 0 Å². The Morgan fingerprint density at radius 3 is 1.27 bits per heavy atom. The van der Waals surface area contributed by atoms with Gasteiger partial charge in [0, 0.05) is 13.0 Å². The van der Waals surface area contributed by atoms with Crippen LogP contribution in [0.1, 0.15) is 123 Å². The summed E-state index contributed by atoms with van der Waals surface area (Å²) >= 11 is 0. The van der Waals surface area contributed by atoms with Crippen LogP contribution in [0.3, 0.4) is 0 Å². The Labute approximate surface area is 207 Å². The first-order chi connectivity index (χ1) is 15.1. The second kappa shape index (κ2) is 24.9. The first-order valence-electron chi connectivity index (χ1n) is 13.2. The summed E-state index contributed by atoms with van der Waals surface area (Å²) in [6.07, 6.45) is 24.9. The number of quaternary nitrogens is 1. The number of hydrogen-bond donors (Lipinski definition) is 3. The van der Waals surface area contributed by atoms with Crippen LogP contribution < -0.4 is 11.5 Å². The third-order valence-electron chi connectivity index (χ3n) is 5.94. The Bertz CT molecular complexity index is 483. The topological polar surface area (TPSA) is 111 Å². The normalized spacial score (nSPS) is 12.6. The average Bonchev–Trinajstić information content (AvgIpc) is 2.72. The molecule has 0 amide bonds. The van der Waals surface area contributed by atoms with E-state index in [0.29, 0.717) is 6.17 Å². The fourth-order valence-electron chi connectivity index (χ4n) is 3.91. The van der Waals surface area contributed by atoms with Crippen molar-refractivity contribution >= 4 is 10.4 Å². The smallest absolute Gasteiger partial charge is 0.344 e. The van der Waals surface area contributed by atoms with Crippen LogP contribution in [0.25, 0.3) is 0 Å². The SMILES string of the molecule is CCCCCCCCCCCCCCCCCCNC(CC)[N+](C)(C)C.COS(=O)(=O)O.N. The van der Waals surface area contributed by atoms with Gasteiger partial charge in [-0.25, -0.2) is 0 Å². The van der Waals surface area contributed by atoms with Crippen molar-refractivity contribution in [1.82, 2.24) is 11.5 Å². The van der Waals surface area contributed by atoms with Crippen LogP contribution in [-0.2, 0) is 14.6 Å². The quantitative estimate of drug-likeness (QED) is 0.0688. The minimum atomic E-state index is -4.16. The molecule has 1 unspecified atom stereocenters. The van der Waals surface area contributed by atoms with Gasteiger partial charge in [-0.3, -0.25) is 14.1 Å². The van der Waals surface area contributed by atoms with E-state index in [0.717, 1.165) is 11.6 Å². The summed E-state index contributed by atoms with van der Waals surface area (Å²) in [6.45, 7) is 5.77. The highest BCUT2D eigenvalue weighted by Crippen LogP contribution is 2.13. The largest absolute Gasteiger partial charge is 0.397 e. The Morgan fingerprint density at radius 2 is 1.03 bits per heavy atom. The van der Waals surface area contributed by atoms with Gasteiger partial charge in [-0.15, -0.1) is 0 Å². The van der Waals surface area contributed by atoms with Crippen LogP contribution in [0.5, 0.6) is 0 Å². The van der Waals surface area contributed by atoms with E-state index in [1.54, 1.807) is 0 Å². The Hall–Kier alpha value is -0.250. The van der Waals surface area contributed by atoms with Crippen LogP contribution >= 0.6 is 0 Å². The van der Waals surface area contributed by atoms with Crippen LogP contribution in [0.15, 0.2) is 0 Å². The molecule has 0 aromatic carbocycles. The highest BCUT2D eigenvalue weighted by atomic mass is 32.3. The third-order valence-corrected chi connectivity index (χ3v) is 6.36. The Balaban J connectivity index is -0.00000113. The van der Waals surface area contributed by atoms with Gasteiger partial charge in [0.15, 0.2) is 0 Å². The Kier molecular flexibility index (Phi) is 28.1. The maximum Gasteiger partial charge on any atom is 0.397 e. The molecule has 0 heterocycles. The predicted octanol–water partition coefficient (Wildman–Crippen LogP) is 6.88. The molecule has 7 nitrogen and oxygen atoms in total. The van der Waals surface area contributed by atoms with Gasteiger partial charge in [0.25, 0.3) is 0 Å². The molecule has 0 aromatic heterocycles. The van der Waals surface area contributed by atoms with Crippen molar-refractivity contribution < 1.29 is 21.6 Å². The summed E-state index contributed by atoms with van der Waals surface area (Å²) in [5, 5.41) is 3.73. The van der Waals surface area contributed by atoms with E-state index in [9.17, 15) is 8.42 Å². The van der Waals surface area contributed by atoms with Crippen LogP contribution in [-0.4, -0.2) is 58.4 Å². The molecule has 0 spiro atoms. The zero-order chi connectivity index (χ0) is 24.7. The lowest BCUT2D eigenvalue weighted by Crippen LogP contribution is -2.53. The Morgan fingerprint density at radius 1 is 0.727 bits per heavy atom. The first-order valence-corrected chi connectivity index (χ1v) is 14.5. The fraction of sp³-hybridized carbons (Fsp3) is 1.00. The van der Waals surface area contributed by atoms with Crippen LogP contribution in [0.2, 0.25) is 0 Å². The van der Waals surface area contributed by atoms with Crippen molar-refractivity contribution in [3.8, 4) is 0 Å². The highest BCUT2D eigenvalue weighted by molar-refractivity contribution is 7.80. The fourth-order valence-corrected chi connectivity index (χ4v) is 3.91. The standard InChI is InChI=1S/C24H53N2.CH4O4S.H3N/c1-6-8-9-10-11-12-13-14-15-16-17-18-19-20-21-22-23-25-24(7-2)26(3,4)5;1-5-6(2,3)4;/h24-25H,6-23H2,1-5H3;1H3,(H,2,3,4);1H3/q+1;;. The molecule has 0 aliphatic carbocycles. The van der Waals surface area contributed by atoms with E-state index in [2.05, 4.69) is 44.5 Å². The molecule has 1 atom stereocenters. The molecular formula is C25H60N3O4S+. The highest BCUT2D eigenvalue weighted by Gasteiger charge is 2.19. The number of rotatable bonds is 21. The van der Waals surface area contributed by atoms with Crippen molar-refractivity contribution in [1.29, 1.82) is 0 Å². The summed E-state index contributed by atoms with van der Waals surface area (Å²) in [5.41, 5.74) is 0. The lowest BCUT2D eigenvalue weighted by molar-refractivity contribution is -0.899. The number of hydrogen-bond acceptors (Lipinski definition) is 5. The van der Waals surface area contributed by atoms with Crippen molar-refractivity contribution in [2.45, 2.75) is 129 Å². The molecule has 0 radical (unpaired) electrons. The maximum absolute atomic E-state index is 9.33. The number of unbranched alkanes of at least 4 members (excludes halogenated alkanes) is 15. The zero-order valence-corrected chi connectivity index (χ0v) is 23.9. The third kappa shape index (κ3) is 31.8. The van der Waals surface area contributed by atoms with Gasteiger partial charge in [0.2, 0.25) is 0 Å². The molecule has 0 bridgehead atoms. The zero-order valence-electron chi connectivity index (χ0n) is 23.0. The van der Waals surface area contributed by atoms with Crippen molar-refractivity contribution in [3.05, 3.63) is 0 Å². The van der Waals surface area contributed by atoms with Gasteiger partial charge in [-0.1, -0.05) is 110 Å². The van der Waals surface area contributed by atoms with E-state index in [4.69, 9.17) is 4.55 Å². The van der Waals surface area contributed by atoms with Gasteiger partial charge in [-0.05, 0) is 6.42 Å². The lowest BCUT2D eigenvalue weighted by atomic mass is 10.0. The number of nitrogens with zero attached hydrogens (tertiary/aromatic N) is 1. The minimum Gasteiger partial charge on any atom is -0.344 e. The maximum atomic E-state index is 9.33. The van der Waals surface area contributed by atoms with Crippen LogP contribution in [0, 0.1) is 0 Å². The molecular weight excluding hydrogens is 438 g/mol. The van der Waals surface area contributed by atoms with E-state index >= 15 is 0 Å². The van der Waals surface area contributed by atoms with Gasteiger partial charge >= 0.3 is 10.4 Å². The summed E-state index contributed by atoms with van der Waals surface area (Å²) in [7, 11) is 3.57. The molecule has 0 aliphatic rings. The van der Waals surface area contributed by atoms with Crippen molar-refractivity contribution in [2.24, 2.45) is 0 Å². The summed E-state index contributed by atoms with van der Waals surface area (Å²) < 4.78 is 30.7. The molecule has 204 valence electrons. The van der Waals surface area contributed by atoms with Crippen molar-refractivity contribution in [2.75, 3.05) is 34.8 Å². The molecule has 33 heavy (non-hydrogen) atoms. The second-order valence-electron chi connectivity index (χ2n) is 9.89. The van der Waals surface area contributed by atoms with E-state index in [-0.39, 0.29) is 6.15 Å². The monoisotopic (exact) mass is 498 g/mol. The second-order valence-corrected chi connectivity index (χ2v) is 11.1. The summed E-state index contributed by atoms with van der Waals surface area (Å²) in [4.78, 5) is 0. The first kappa shape index (κ1) is 37.3. The average molecular weight is 499 g/mol. The minimum absolute atomic E-state index is 0. The van der Waals surface area contributed by atoms with Crippen LogP contribution in [0.4, 0.5) is 0 Å². The molecule has 0 saturated heterocycles. The summed E-state index contributed by atoms with van der Waals surface area (Å²) in [5.74, 6) is 0. The lowest BCUT2D eigenvalue weighted by Gasteiger charge is -2.34. The van der Waals surface area contributed by atoms with Gasteiger partial charge < -0.3 is 10.6 Å². The van der Waals surface area contributed by atoms with E-state index in [1.165, 1.54) is 116 Å². The molecule has 0 fully saturated rings.